The van der Waals surface area contributed by atoms with Crippen LogP contribution < -0.4 is 5.32 Å². The van der Waals surface area contributed by atoms with Crippen molar-refractivity contribution in [3.05, 3.63) is 24.0 Å². The fourth-order valence-corrected chi connectivity index (χ4v) is 2.30. The van der Waals surface area contributed by atoms with Gasteiger partial charge in [0.1, 0.15) is 0 Å². The van der Waals surface area contributed by atoms with Crippen LogP contribution in [0.25, 0.3) is 6.08 Å². The van der Waals surface area contributed by atoms with E-state index >= 15 is 0 Å². The molecule has 2 atom stereocenters. The predicted molar refractivity (Wildman–Crippen MR) is 67.2 cm³/mol. The fraction of sp³-hybridized carbons (Fsp3) is 0.538. The lowest BCUT2D eigenvalue weighted by Crippen LogP contribution is -2.31. The molecule has 1 aromatic heterocycles. The van der Waals surface area contributed by atoms with Crippen molar-refractivity contribution < 1.29 is 4.79 Å². The summed E-state index contributed by atoms with van der Waals surface area (Å²) in [6.07, 6.45) is 8.52. The number of rotatable bonds is 3. The number of carbonyl (C=O) groups excluding carboxylic acids is 1. The van der Waals surface area contributed by atoms with E-state index in [0.29, 0.717) is 6.04 Å². The van der Waals surface area contributed by atoms with Gasteiger partial charge in [0.15, 0.2) is 0 Å². The first kappa shape index (κ1) is 11.9. The summed E-state index contributed by atoms with van der Waals surface area (Å²) in [7, 11) is 1.86. The van der Waals surface area contributed by atoms with Gasteiger partial charge in [-0.2, -0.15) is 5.10 Å². The van der Waals surface area contributed by atoms with Crippen LogP contribution in [0.4, 0.5) is 0 Å². The van der Waals surface area contributed by atoms with Crippen LogP contribution >= 0.6 is 0 Å². The van der Waals surface area contributed by atoms with E-state index in [1.807, 2.05) is 13.1 Å². The minimum absolute atomic E-state index is 0.00898. The molecular formula is C13H19N3O. The molecular weight excluding hydrogens is 214 g/mol. The molecule has 4 nitrogen and oxygen atoms in total. The van der Waals surface area contributed by atoms with E-state index in [1.165, 1.54) is 6.42 Å². The van der Waals surface area contributed by atoms with Crippen molar-refractivity contribution in [1.82, 2.24) is 15.1 Å². The maximum absolute atomic E-state index is 11.7. The van der Waals surface area contributed by atoms with E-state index in [4.69, 9.17) is 0 Å². The van der Waals surface area contributed by atoms with Gasteiger partial charge in [-0.25, -0.2) is 0 Å². The highest BCUT2D eigenvalue weighted by atomic mass is 16.1. The zero-order valence-electron chi connectivity index (χ0n) is 10.4. The Morgan fingerprint density at radius 2 is 2.41 bits per heavy atom. The Bertz CT molecular complexity index is 422. The van der Waals surface area contributed by atoms with Gasteiger partial charge < -0.3 is 5.32 Å². The van der Waals surface area contributed by atoms with Crippen LogP contribution in [0.2, 0.25) is 0 Å². The summed E-state index contributed by atoms with van der Waals surface area (Å²) in [5.74, 6) is 0.728. The molecule has 0 bridgehead atoms. The second-order valence-electron chi connectivity index (χ2n) is 4.84. The number of aryl methyl sites for hydroxylation is 1. The summed E-state index contributed by atoms with van der Waals surface area (Å²) in [6.45, 7) is 2.23. The first-order valence-electron chi connectivity index (χ1n) is 6.11. The molecule has 0 saturated heterocycles. The van der Waals surface area contributed by atoms with E-state index in [2.05, 4.69) is 17.3 Å². The Balaban J connectivity index is 1.85. The molecule has 4 heteroatoms. The zero-order chi connectivity index (χ0) is 12.3. The van der Waals surface area contributed by atoms with Crippen molar-refractivity contribution >= 4 is 12.0 Å². The second-order valence-corrected chi connectivity index (χ2v) is 4.84. The van der Waals surface area contributed by atoms with E-state index in [-0.39, 0.29) is 5.91 Å². The van der Waals surface area contributed by atoms with Gasteiger partial charge >= 0.3 is 0 Å². The number of amides is 1. The highest BCUT2D eigenvalue weighted by Crippen LogP contribution is 2.24. The highest BCUT2D eigenvalue weighted by Gasteiger charge is 2.21. The molecule has 1 fully saturated rings. The number of carbonyl (C=O) groups is 1. The lowest BCUT2D eigenvalue weighted by atomic mass is 10.1. The number of hydrogen-bond donors (Lipinski definition) is 1. The van der Waals surface area contributed by atoms with E-state index < -0.39 is 0 Å². The van der Waals surface area contributed by atoms with E-state index in [1.54, 1.807) is 23.0 Å². The van der Waals surface area contributed by atoms with Crippen molar-refractivity contribution in [3.63, 3.8) is 0 Å². The van der Waals surface area contributed by atoms with Gasteiger partial charge in [0, 0.05) is 25.4 Å². The molecule has 1 heterocycles. The standard InChI is InChI=1S/C13H19N3O/c1-10-3-4-11(9-10)15-13(17)6-5-12-7-8-14-16(12)2/h5-8,10-11H,3-4,9H2,1-2H3,(H,15,17)/b6-5+. The molecule has 0 spiro atoms. The first-order valence-corrected chi connectivity index (χ1v) is 6.11. The summed E-state index contributed by atoms with van der Waals surface area (Å²) in [6, 6.07) is 2.23. The Morgan fingerprint density at radius 1 is 1.59 bits per heavy atom. The molecule has 1 saturated carbocycles. The van der Waals surface area contributed by atoms with Gasteiger partial charge in [-0.1, -0.05) is 6.92 Å². The van der Waals surface area contributed by atoms with Crippen molar-refractivity contribution in [3.8, 4) is 0 Å². The third-order valence-corrected chi connectivity index (χ3v) is 3.31. The SMILES string of the molecule is CC1CCC(NC(=O)/C=C/c2ccnn2C)C1. The minimum Gasteiger partial charge on any atom is -0.350 e. The van der Waals surface area contributed by atoms with Crippen LogP contribution in [0, 0.1) is 5.92 Å². The van der Waals surface area contributed by atoms with Crippen molar-refractivity contribution in [1.29, 1.82) is 0 Å². The summed E-state index contributed by atoms with van der Waals surface area (Å²) in [5, 5.41) is 7.08. The van der Waals surface area contributed by atoms with Gasteiger partial charge in [-0.15, -0.1) is 0 Å². The van der Waals surface area contributed by atoms with Crippen LogP contribution in [-0.2, 0) is 11.8 Å². The summed E-state index contributed by atoms with van der Waals surface area (Å²) in [5.41, 5.74) is 0.930. The van der Waals surface area contributed by atoms with Gasteiger partial charge in [0.05, 0.1) is 5.69 Å². The number of nitrogens with one attached hydrogen (secondary N) is 1. The third-order valence-electron chi connectivity index (χ3n) is 3.31. The Hall–Kier alpha value is -1.58. The van der Waals surface area contributed by atoms with Crippen molar-refractivity contribution in [2.24, 2.45) is 13.0 Å². The zero-order valence-corrected chi connectivity index (χ0v) is 10.4. The average Bonchev–Trinajstić information content (AvgIpc) is 2.85. The summed E-state index contributed by atoms with van der Waals surface area (Å²) >= 11 is 0. The molecule has 1 amide bonds. The van der Waals surface area contributed by atoms with Crippen LogP contribution in [-0.4, -0.2) is 21.7 Å². The maximum Gasteiger partial charge on any atom is 0.244 e. The maximum atomic E-state index is 11.7. The number of aromatic nitrogens is 2. The van der Waals surface area contributed by atoms with E-state index in [0.717, 1.165) is 24.5 Å². The number of hydrogen-bond acceptors (Lipinski definition) is 2. The van der Waals surface area contributed by atoms with Crippen LogP contribution in [0.15, 0.2) is 18.3 Å². The summed E-state index contributed by atoms with van der Waals surface area (Å²) < 4.78 is 1.74. The Kier molecular flexibility index (Phi) is 3.61. The molecule has 17 heavy (non-hydrogen) atoms. The van der Waals surface area contributed by atoms with Gasteiger partial charge in [0.25, 0.3) is 0 Å². The Morgan fingerprint density at radius 3 is 3.00 bits per heavy atom. The third kappa shape index (κ3) is 3.19. The molecule has 1 aromatic rings. The minimum atomic E-state index is -0.00898. The smallest absolute Gasteiger partial charge is 0.244 e. The quantitative estimate of drug-likeness (QED) is 0.808. The summed E-state index contributed by atoms with van der Waals surface area (Å²) in [4.78, 5) is 11.7. The highest BCUT2D eigenvalue weighted by molar-refractivity contribution is 5.91. The van der Waals surface area contributed by atoms with Gasteiger partial charge in [-0.05, 0) is 37.3 Å². The monoisotopic (exact) mass is 233 g/mol. The lowest BCUT2D eigenvalue weighted by molar-refractivity contribution is -0.117. The molecule has 2 unspecified atom stereocenters. The molecule has 0 aliphatic heterocycles. The average molecular weight is 233 g/mol. The molecule has 0 aromatic carbocycles. The molecule has 1 N–H and O–H groups in total. The first-order chi connectivity index (χ1) is 8.15. The van der Waals surface area contributed by atoms with Crippen LogP contribution in [0.1, 0.15) is 31.9 Å². The predicted octanol–water partition coefficient (Wildman–Crippen LogP) is 1.74. The molecule has 1 aliphatic rings. The fourth-order valence-electron chi connectivity index (χ4n) is 2.30. The van der Waals surface area contributed by atoms with Crippen molar-refractivity contribution in [2.75, 3.05) is 0 Å². The van der Waals surface area contributed by atoms with E-state index in [9.17, 15) is 4.79 Å². The van der Waals surface area contributed by atoms with Gasteiger partial charge in [0.2, 0.25) is 5.91 Å². The molecule has 92 valence electrons. The largest absolute Gasteiger partial charge is 0.350 e. The van der Waals surface area contributed by atoms with Crippen LogP contribution in [0.5, 0.6) is 0 Å². The second kappa shape index (κ2) is 5.17. The molecule has 2 rings (SSSR count). The Labute approximate surface area is 102 Å². The molecule has 1 aliphatic carbocycles. The van der Waals surface area contributed by atoms with Crippen LogP contribution in [0.3, 0.4) is 0 Å². The number of nitrogens with zero attached hydrogens (tertiary/aromatic N) is 2. The van der Waals surface area contributed by atoms with Crippen molar-refractivity contribution in [2.45, 2.75) is 32.2 Å². The lowest BCUT2D eigenvalue weighted by Gasteiger charge is -2.09. The molecule has 0 radical (unpaired) electrons. The normalized spacial score (nSPS) is 24.4. The van der Waals surface area contributed by atoms with Gasteiger partial charge in [-0.3, -0.25) is 9.48 Å². The topological polar surface area (TPSA) is 46.9 Å².